The molecule has 0 aliphatic carbocycles. The highest BCUT2D eigenvalue weighted by Crippen LogP contribution is 2.29. The van der Waals surface area contributed by atoms with Crippen LogP contribution in [0.1, 0.15) is 71.6 Å². The fraction of sp³-hybridized carbons (Fsp3) is 0.632. The quantitative estimate of drug-likeness (QED) is 0.654. The second kappa shape index (κ2) is 6.58. The van der Waals surface area contributed by atoms with Gasteiger partial charge in [0, 0.05) is 29.9 Å². The normalized spacial score (nSPS) is 13.3. The number of oxazole rings is 1. The summed E-state index contributed by atoms with van der Waals surface area (Å²) in [5.74, 6) is 2.04. The van der Waals surface area contributed by atoms with Crippen LogP contribution in [0.5, 0.6) is 0 Å². The highest BCUT2D eigenvalue weighted by atomic mass is 16.5. The van der Waals surface area contributed by atoms with Gasteiger partial charge in [0.2, 0.25) is 5.89 Å². The predicted molar refractivity (Wildman–Crippen MR) is 99.3 cm³/mol. The summed E-state index contributed by atoms with van der Waals surface area (Å²) in [4.78, 5) is 8.63. The molecule has 0 spiro atoms. The molecule has 0 aliphatic heterocycles. The van der Waals surface area contributed by atoms with E-state index in [1.807, 2.05) is 10.9 Å². The van der Waals surface area contributed by atoms with Crippen molar-refractivity contribution in [1.29, 1.82) is 0 Å². The molecule has 0 atom stereocenters. The van der Waals surface area contributed by atoms with E-state index in [4.69, 9.17) is 8.94 Å². The van der Waals surface area contributed by atoms with Crippen molar-refractivity contribution >= 4 is 0 Å². The summed E-state index contributed by atoms with van der Waals surface area (Å²) in [5.41, 5.74) is 0.209. The maximum absolute atomic E-state index is 5.52. The molecule has 3 aromatic heterocycles. The van der Waals surface area contributed by atoms with Crippen molar-refractivity contribution in [3.8, 4) is 0 Å². The first-order valence-corrected chi connectivity index (χ1v) is 9.11. The lowest BCUT2D eigenvalue weighted by molar-refractivity contribution is 0.313. The molecule has 146 valence electrons. The molecule has 0 bridgehead atoms. The molecule has 0 unspecified atom stereocenters. The van der Waals surface area contributed by atoms with Crippen LogP contribution in [0.2, 0.25) is 0 Å². The molecule has 0 saturated carbocycles. The summed E-state index contributed by atoms with van der Waals surface area (Å²) in [6.07, 6.45) is 6.39. The average molecular weight is 372 g/mol. The van der Waals surface area contributed by atoms with Gasteiger partial charge < -0.3 is 8.94 Å². The van der Waals surface area contributed by atoms with E-state index in [-0.39, 0.29) is 16.4 Å². The number of aromatic nitrogens is 6. The summed E-state index contributed by atoms with van der Waals surface area (Å²) in [6.45, 7) is 14.6. The molecular formula is C19H28N6O2. The lowest BCUT2D eigenvalue weighted by atomic mass is 9.86. The van der Waals surface area contributed by atoms with E-state index in [9.17, 15) is 0 Å². The van der Waals surface area contributed by atoms with Gasteiger partial charge in [0.05, 0.1) is 17.4 Å². The molecule has 3 aromatic rings. The molecule has 3 rings (SSSR count). The third-order valence-electron chi connectivity index (χ3n) is 4.62. The van der Waals surface area contributed by atoms with E-state index >= 15 is 0 Å². The molecule has 27 heavy (non-hydrogen) atoms. The van der Waals surface area contributed by atoms with Crippen LogP contribution in [0, 0.1) is 0 Å². The first-order chi connectivity index (χ1) is 12.5. The van der Waals surface area contributed by atoms with Gasteiger partial charge in [-0.2, -0.15) is 4.98 Å². The van der Waals surface area contributed by atoms with Crippen LogP contribution >= 0.6 is 0 Å². The molecule has 0 aromatic carbocycles. The standard InChI is InChI=1S/C19H28N6O2/c1-17(2,3)25-11-13(22-24-25)8-19(6,7)16-21-15(27-23-16)9-18(4,5)14-10-20-12-26-14/h10-12H,8-9H2,1-7H3. The Hall–Kier alpha value is -2.51. The minimum atomic E-state index is -0.323. The number of nitrogens with zero attached hydrogens (tertiary/aromatic N) is 6. The SMILES string of the molecule is CC(C)(Cc1cn(C(C)(C)C)nn1)c1noc(CC(C)(C)c2cnco2)n1. The van der Waals surface area contributed by atoms with Gasteiger partial charge in [-0.05, 0) is 20.8 Å². The van der Waals surface area contributed by atoms with Crippen molar-refractivity contribution in [3.05, 3.63) is 42.0 Å². The summed E-state index contributed by atoms with van der Waals surface area (Å²) >= 11 is 0. The fourth-order valence-corrected chi connectivity index (χ4v) is 2.86. The Labute approximate surface area is 159 Å². The van der Waals surface area contributed by atoms with Gasteiger partial charge in [0.25, 0.3) is 0 Å². The molecule has 8 nitrogen and oxygen atoms in total. The molecule has 0 amide bonds. The Kier molecular flexibility index (Phi) is 4.69. The summed E-state index contributed by atoms with van der Waals surface area (Å²) in [7, 11) is 0. The molecule has 0 aliphatic rings. The van der Waals surface area contributed by atoms with E-state index in [1.165, 1.54) is 6.39 Å². The van der Waals surface area contributed by atoms with Crippen molar-refractivity contribution in [3.63, 3.8) is 0 Å². The molecule has 0 N–H and O–H groups in total. The molecule has 0 fully saturated rings. The van der Waals surface area contributed by atoms with Crippen LogP contribution in [0.4, 0.5) is 0 Å². The van der Waals surface area contributed by atoms with Crippen molar-refractivity contribution in [2.24, 2.45) is 0 Å². The Morgan fingerprint density at radius 2 is 1.74 bits per heavy atom. The number of hydrogen-bond donors (Lipinski definition) is 0. The van der Waals surface area contributed by atoms with Gasteiger partial charge in [0.1, 0.15) is 5.76 Å². The third kappa shape index (κ3) is 4.26. The summed E-state index contributed by atoms with van der Waals surface area (Å²) in [6, 6.07) is 0. The van der Waals surface area contributed by atoms with Crippen LogP contribution in [0.3, 0.4) is 0 Å². The third-order valence-corrected chi connectivity index (χ3v) is 4.62. The smallest absolute Gasteiger partial charge is 0.227 e. The maximum atomic E-state index is 5.52. The minimum absolute atomic E-state index is 0.0962. The molecule has 3 heterocycles. The van der Waals surface area contributed by atoms with Crippen molar-refractivity contribution < 1.29 is 8.94 Å². The lowest BCUT2D eigenvalue weighted by Crippen LogP contribution is -2.24. The average Bonchev–Trinajstić information content (AvgIpc) is 3.27. The van der Waals surface area contributed by atoms with Crippen LogP contribution in [-0.2, 0) is 29.2 Å². The Bertz CT molecular complexity index is 884. The predicted octanol–water partition coefficient (Wildman–Crippen LogP) is 3.44. The van der Waals surface area contributed by atoms with Crippen LogP contribution in [0.25, 0.3) is 0 Å². The Balaban J connectivity index is 1.73. The highest BCUT2D eigenvalue weighted by molar-refractivity contribution is 5.13. The van der Waals surface area contributed by atoms with Crippen LogP contribution < -0.4 is 0 Å². The number of rotatable bonds is 6. The van der Waals surface area contributed by atoms with E-state index in [0.29, 0.717) is 24.6 Å². The van der Waals surface area contributed by atoms with Crippen molar-refractivity contribution in [2.45, 2.75) is 77.7 Å². The van der Waals surface area contributed by atoms with Crippen LogP contribution in [0.15, 0.2) is 27.7 Å². The van der Waals surface area contributed by atoms with Crippen molar-refractivity contribution in [2.75, 3.05) is 0 Å². The summed E-state index contributed by atoms with van der Waals surface area (Å²) in [5, 5.41) is 12.8. The largest absolute Gasteiger partial charge is 0.448 e. The first kappa shape index (κ1) is 19.3. The minimum Gasteiger partial charge on any atom is -0.448 e. The van der Waals surface area contributed by atoms with E-state index in [0.717, 1.165) is 11.5 Å². The second-order valence-corrected chi connectivity index (χ2v) is 9.32. The monoisotopic (exact) mass is 372 g/mol. The van der Waals surface area contributed by atoms with E-state index in [1.54, 1.807) is 6.20 Å². The first-order valence-electron chi connectivity index (χ1n) is 9.11. The topological polar surface area (TPSA) is 95.7 Å². The Morgan fingerprint density at radius 3 is 2.33 bits per heavy atom. The Morgan fingerprint density at radius 1 is 1.00 bits per heavy atom. The zero-order valence-electron chi connectivity index (χ0n) is 17.1. The van der Waals surface area contributed by atoms with Gasteiger partial charge in [0.15, 0.2) is 12.2 Å². The molecule has 0 radical (unpaired) electrons. The van der Waals surface area contributed by atoms with Gasteiger partial charge in [-0.1, -0.05) is 38.1 Å². The van der Waals surface area contributed by atoms with Gasteiger partial charge in [-0.15, -0.1) is 5.10 Å². The number of hydrogen-bond acceptors (Lipinski definition) is 7. The second-order valence-electron chi connectivity index (χ2n) is 9.32. The zero-order valence-corrected chi connectivity index (χ0v) is 17.1. The van der Waals surface area contributed by atoms with Crippen molar-refractivity contribution in [1.82, 2.24) is 30.1 Å². The van der Waals surface area contributed by atoms with E-state index in [2.05, 4.69) is 73.9 Å². The molecule has 8 heteroatoms. The highest BCUT2D eigenvalue weighted by Gasteiger charge is 2.32. The maximum Gasteiger partial charge on any atom is 0.227 e. The molecule has 0 saturated heterocycles. The fourth-order valence-electron chi connectivity index (χ4n) is 2.86. The lowest BCUT2D eigenvalue weighted by Gasteiger charge is -2.20. The molecular weight excluding hydrogens is 344 g/mol. The van der Waals surface area contributed by atoms with Gasteiger partial charge in [-0.3, -0.25) is 0 Å². The van der Waals surface area contributed by atoms with Crippen LogP contribution in [-0.4, -0.2) is 30.1 Å². The van der Waals surface area contributed by atoms with Gasteiger partial charge >= 0.3 is 0 Å². The zero-order chi connectivity index (χ0) is 19.9. The van der Waals surface area contributed by atoms with E-state index < -0.39 is 0 Å². The summed E-state index contributed by atoms with van der Waals surface area (Å²) < 4.78 is 12.8. The van der Waals surface area contributed by atoms with Gasteiger partial charge in [-0.25, -0.2) is 9.67 Å².